The van der Waals surface area contributed by atoms with Crippen LogP contribution in [0.5, 0.6) is 5.75 Å². The number of amides is 5. The van der Waals surface area contributed by atoms with E-state index in [1.807, 2.05) is 0 Å². The summed E-state index contributed by atoms with van der Waals surface area (Å²) in [6.45, 7) is 1.96. The summed E-state index contributed by atoms with van der Waals surface area (Å²) in [7, 11) is 0. The zero-order valence-corrected chi connectivity index (χ0v) is 26.3. The first-order valence-corrected chi connectivity index (χ1v) is 14.7. The highest BCUT2D eigenvalue weighted by Gasteiger charge is 2.27. The number of halogens is 1. The van der Waals surface area contributed by atoms with Gasteiger partial charge in [-0.25, -0.2) is 4.39 Å². The molecular formula is C33H39FN6O8. The van der Waals surface area contributed by atoms with Gasteiger partial charge in [0.2, 0.25) is 29.5 Å². The first-order valence-electron chi connectivity index (χ1n) is 14.7. The molecule has 3 aromatic carbocycles. The van der Waals surface area contributed by atoms with Crippen LogP contribution in [0, 0.1) is 5.82 Å². The standard InChI is InChI=1S/C31H35FN6O6.C2H4O2/c1-18(36-30(43)24(33)15-19-9-13-23(39)14-10-19)29(42)35-17-26(40)37-25(16-20-7-11-22(32)12-8-20)31(44)38-27(28(34)41)21-5-3-2-4-6-21;1-2(3)4/h2-14,18,24-25,27,39H,15-17,33H2,1H3,(H2,34,41)(H,35,42)(H,36,43)(H,37,40)(H,38,44);1H3,(H,3,4)/t18-,24+,25+,27+;/m1./s1. The van der Waals surface area contributed by atoms with Crippen LogP contribution >= 0.6 is 0 Å². The van der Waals surface area contributed by atoms with Crippen LogP contribution in [0.4, 0.5) is 4.39 Å². The van der Waals surface area contributed by atoms with Gasteiger partial charge in [0.25, 0.3) is 5.97 Å². The zero-order chi connectivity index (χ0) is 35.8. The van der Waals surface area contributed by atoms with E-state index in [0.29, 0.717) is 16.7 Å². The summed E-state index contributed by atoms with van der Waals surface area (Å²) in [6.07, 6.45) is 0.110. The topological polar surface area (TPSA) is 243 Å². The number of primary amides is 1. The number of carboxylic acids is 1. The smallest absolute Gasteiger partial charge is 0.300 e. The van der Waals surface area contributed by atoms with Gasteiger partial charge in [-0.05, 0) is 54.3 Å². The number of carbonyl (C=O) groups is 6. The molecule has 4 atom stereocenters. The average Bonchev–Trinajstić information content (AvgIpc) is 3.04. The largest absolute Gasteiger partial charge is 0.508 e. The Bertz CT molecular complexity index is 1550. The number of hydrogen-bond donors (Lipinski definition) is 8. The molecule has 0 unspecified atom stereocenters. The molecule has 0 bridgehead atoms. The fraction of sp³-hybridized carbons (Fsp3) is 0.273. The van der Waals surface area contributed by atoms with Crippen LogP contribution in [-0.4, -0.2) is 70.4 Å². The number of rotatable bonds is 14. The number of phenols is 1. The molecule has 0 aliphatic carbocycles. The highest BCUT2D eigenvalue weighted by Crippen LogP contribution is 2.14. The summed E-state index contributed by atoms with van der Waals surface area (Å²) in [4.78, 5) is 72.2. The van der Waals surface area contributed by atoms with Crippen LogP contribution in [0.2, 0.25) is 0 Å². The first-order chi connectivity index (χ1) is 22.7. The van der Waals surface area contributed by atoms with E-state index in [4.69, 9.17) is 21.4 Å². The number of phenolic OH excluding ortho intramolecular Hbond substituents is 1. The van der Waals surface area contributed by atoms with Crippen molar-refractivity contribution in [1.82, 2.24) is 21.3 Å². The monoisotopic (exact) mass is 666 g/mol. The molecule has 3 aromatic rings. The third-order valence-corrected chi connectivity index (χ3v) is 6.61. The minimum atomic E-state index is -1.22. The SMILES string of the molecule is CC(=O)O.C[C@@H](NC(=O)[C@@H](N)Cc1ccc(O)cc1)C(=O)NCC(=O)N[C@@H](Cc1ccc(F)cc1)C(=O)N[C@H](C(N)=O)c1ccccc1. The molecule has 3 rings (SSSR count). The molecule has 14 nitrogen and oxygen atoms in total. The van der Waals surface area contributed by atoms with Crippen LogP contribution in [0.15, 0.2) is 78.9 Å². The Balaban J connectivity index is 0.00000189. The molecule has 256 valence electrons. The van der Waals surface area contributed by atoms with Gasteiger partial charge in [-0.3, -0.25) is 28.8 Å². The third kappa shape index (κ3) is 13.7. The van der Waals surface area contributed by atoms with E-state index in [1.54, 1.807) is 42.5 Å². The van der Waals surface area contributed by atoms with Gasteiger partial charge in [0, 0.05) is 13.3 Å². The Kier molecular flexibility index (Phi) is 15.2. The lowest BCUT2D eigenvalue weighted by atomic mass is 10.0. The zero-order valence-electron chi connectivity index (χ0n) is 26.3. The summed E-state index contributed by atoms with van der Waals surface area (Å²) in [5, 5.41) is 26.7. The summed E-state index contributed by atoms with van der Waals surface area (Å²) in [5.74, 6) is -4.80. The molecule has 0 aliphatic heterocycles. The molecule has 0 saturated heterocycles. The molecule has 0 aromatic heterocycles. The van der Waals surface area contributed by atoms with Crippen molar-refractivity contribution in [3.05, 3.63) is 101 Å². The van der Waals surface area contributed by atoms with Crippen LogP contribution in [-0.2, 0) is 41.6 Å². The Morgan fingerprint density at radius 3 is 1.88 bits per heavy atom. The molecular weight excluding hydrogens is 627 g/mol. The fourth-order valence-electron chi connectivity index (χ4n) is 4.20. The maximum atomic E-state index is 13.4. The number of nitrogens with one attached hydrogen (secondary N) is 4. The van der Waals surface area contributed by atoms with E-state index < -0.39 is 72.0 Å². The van der Waals surface area contributed by atoms with Gasteiger partial charge in [-0.1, -0.05) is 54.6 Å². The Hall–Kier alpha value is -5.83. The van der Waals surface area contributed by atoms with Crippen molar-refractivity contribution in [2.75, 3.05) is 6.54 Å². The number of hydrogen-bond acceptors (Lipinski definition) is 8. The molecule has 0 fully saturated rings. The van der Waals surface area contributed by atoms with Crippen LogP contribution < -0.4 is 32.7 Å². The highest BCUT2D eigenvalue weighted by molar-refractivity contribution is 5.94. The number of carboxylic acid groups (broad SMARTS) is 1. The van der Waals surface area contributed by atoms with E-state index in [-0.39, 0.29) is 18.6 Å². The molecule has 0 radical (unpaired) electrons. The average molecular weight is 667 g/mol. The fourth-order valence-corrected chi connectivity index (χ4v) is 4.20. The van der Waals surface area contributed by atoms with E-state index in [9.17, 15) is 33.5 Å². The summed E-state index contributed by atoms with van der Waals surface area (Å²) < 4.78 is 13.4. The molecule has 15 heteroatoms. The van der Waals surface area contributed by atoms with Gasteiger partial charge in [-0.15, -0.1) is 0 Å². The van der Waals surface area contributed by atoms with Gasteiger partial charge in [0.1, 0.15) is 29.7 Å². The van der Waals surface area contributed by atoms with E-state index >= 15 is 0 Å². The second kappa shape index (κ2) is 19.0. The van der Waals surface area contributed by atoms with Crippen LogP contribution in [0.3, 0.4) is 0 Å². The number of benzene rings is 3. The predicted molar refractivity (Wildman–Crippen MR) is 172 cm³/mol. The maximum absolute atomic E-state index is 13.4. The maximum Gasteiger partial charge on any atom is 0.300 e. The van der Waals surface area contributed by atoms with Gasteiger partial charge in [0.05, 0.1) is 12.6 Å². The minimum absolute atomic E-state index is 0.0581. The van der Waals surface area contributed by atoms with Crippen molar-refractivity contribution in [1.29, 1.82) is 0 Å². The summed E-state index contributed by atoms with van der Waals surface area (Å²) in [6, 6.07) is 15.4. The van der Waals surface area contributed by atoms with Crippen molar-refractivity contribution in [2.45, 2.75) is 50.9 Å². The van der Waals surface area contributed by atoms with Crippen LogP contribution in [0.25, 0.3) is 0 Å². The van der Waals surface area contributed by atoms with Gasteiger partial charge < -0.3 is 42.9 Å². The number of aliphatic carboxylic acids is 1. The van der Waals surface area contributed by atoms with E-state index in [0.717, 1.165) is 6.92 Å². The first kappa shape index (κ1) is 38.4. The quantitative estimate of drug-likeness (QED) is 0.117. The second-order valence-electron chi connectivity index (χ2n) is 10.6. The van der Waals surface area contributed by atoms with Gasteiger partial charge in [-0.2, -0.15) is 0 Å². The normalized spacial score (nSPS) is 12.8. The molecule has 0 saturated carbocycles. The third-order valence-electron chi connectivity index (χ3n) is 6.61. The highest BCUT2D eigenvalue weighted by atomic mass is 19.1. The van der Waals surface area contributed by atoms with Crippen molar-refractivity contribution < 1.29 is 43.4 Å². The minimum Gasteiger partial charge on any atom is -0.508 e. The molecule has 48 heavy (non-hydrogen) atoms. The number of aromatic hydroxyl groups is 1. The van der Waals surface area contributed by atoms with Crippen molar-refractivity contribution in [2.24, 2.45) is 11.5 Å². The summed E-state index contributed by atoms with van der Waals surface area (Å²) >= 11 is 0. The summed E-state index contributed by atoms with van der Waals surface area (Å²) in [5.41, 5.74) is 13.1. The Labute approximate surface area is 276 Å². The Morgan fingerprint density at radius 2 is 1.31 bits per heavy atom. The second-order valence-corrected chi connectivity index (χ2v) is 10.6. The van der Waals surface area contributed by atoms with E-state index in [2.05, 4.69) is 21.3 Å². The van der Waals surface area contributed by atoms with Crippen molar-refractivity contribution in [3.8, 4) is 5.75 Å². The predicted octanol–water partition coefficient (Wildman–Crippen LogP) is 0.183. The number of nitrogens with two attached hydrogens (primary N) is 2. The lowest BCUT2D eigenvalue weighted by molar-refractivity contribution is -0.134. The molecule has 0 aliphatic rings. The molecule has 0 heterocycles. The van der Waals surface area contributed by atoms with Crippen LogP contribution in [0.1, 0.15) is 36.6 Å². The Morgan fingerprint density at radius 1 is 0.771 bits per heavy atom. The molecule has 5 amide bonds. The molecule has 0 spiro atoms. The lowest BCUT2D eigenvalue weighted by Crippen LogP contribution is -2.54. The van der Waals surface area contributed by atoms with Gasteiger partial charge in [0.15, 0.2) is 0 Å². The van der Waals surface area contributed by atoms with Gasteiger partial charge >= 0.3 is 0 Å². The van der Waals surface area contributed by atoms with Crippen molar-refractivity contribution in [3.63, 3.8) is 0 Å². The number of carbonyl (C=O) groups excluding carboxylic acids is 5. The molecule has 10 N–H and O–H groups in total. The van der Waals surface area contributed by atoms with E-state index in [1.165, 1.54) is 43.3 Å². The lowest BCUT2D eigenvalue weighted by Gasteiger charge is -2.23. The van der Waals surface area contributed by atoms with Crippen molar-refractivity contribution >= 4 is 35.5 Å².